The van der Waals surface area contributed by atoms with Crippen LogP contribution in [0.1, 0.15) is 46.0 Å². The van der Waals surface area contributed by atoms with Crippen molar-refractivity contribution in [2.45, 2.75) is 51.6 Å². The van der Waals surface area contributed by atoms with Crippen molar-refractivity contribution in [3.63, 3.8) is 0 Å². The Labute approximate surface area is 80.7 Å². The molecule has 1 aliphatic rings. The fourth-order valence-electron chi connectivity index (χ4n) is 2.12. The molecule has 1 nitrogen and oxygen atoms in total. The Morgan fingerprint density at radius 3 is 2.08 bits per heavy atom. The number of alkyl halides is 1. The molecule has 78 valence electrons. The Hall–Kier alpha value is -0.110. The van der Waals surface area contributed by atoms with E-state index in [0.717, 1.165) is 0 Å². The molecule has 0 aromatic carbocycles. The lowest BCUT2D eigenvalue weighted by atomic mass is 9.85. The van der Waals surface area contributed by atoms with Crippen molar-refractivity contribution in [2.24, 2.45) is 5.92 Å². The topological polar surface area (TPSA) is 9.23 Å². The van der Waals surface area contributed by atoms with Crippen LogP contribution in [-0.2, 0) is 4.74 Å². The molecule has 0 unspecified atom stereocenters. The summed E-state index contributed by atoms with van der Waals surface area (Å²) in [5.74, 6) is 0.573. The summed E-state index contributed by atoms with van der Waals surface area (Å²) in [6.07, 6.45) is 5.39. The Morgan fingerprint density at radius 1 is 1.23 bits per heavy atom. The van der Waals surface area contributed by atoms with Crippen LogP contribution >= 0.6 is 0 Å². The van der Waals surface area contributed by atoms with Gasteiger partial charge < -0.3 is 4.74 Å². The summed E-state index contributed by atoms with van der Waals surface area (Å²) in [6, 6.07) is 0. The molecule has 0 atom stereocenters. The third-order valence-corrected chi connectivity index (χ3v) is 2.77. The maximum atomic E-state index is 13.7. The van der Waals surface area contributed by atoms with Crippen LogP contribution in [0, 0.1) is 5.92 Å². The predicted molar refractivity (Wildman–Crippen MR) is 52.6 cm³/mol. The number of hydrogen-bond donors (Lipinski definition) is 0. The molecule has 0 aliphatic carbocycles. The van der Waals surface area contributed by atoms with Crippen LogP contribution in [0.3, 0.4) is 0 Å². The summed E-state index contributed by atoms with van der Waals surface area (Å²) < 4.78 is 18.6. The molecule has 1 fully saturated rings. The van der Waals surface area contributed by atoms with Crippen LogP contribution < -0.4 is 0 Å². The highest BCUT2D eigenvalue weighted by Gasteiger charge is 2.40. The lowest BCUT2D eigenvalue weighted by Crippen LogP contribution is -2.46. The van der Waals surface area contributed by atoms with Gasteiger partial charge in [-0.1, -0.05) is 39.5 Å². The van der Waals surface area contributed by atoms with Gasteiger partial charge in [0.1, 0.15) is 0 Å². The van der Waals surface area contributed by atoms with E-state index in [9.17, 15) is 4.39 Å². The van der Waals surface area contributed by atoms with Gasteiger partial charge in [0.25, 0.3) is 0 Å². The molecule has 0 spiro atoms. The van der Waals surface area contributed by atoms with Gasteiger partial charge in [-0.05, 0) is 12.3 Å². The van der Waals surface area contributed by atoms with E-state index in [-0.39, 0.29) is 0 Å². The van der Waals surface area contributed by atoms with Gasteiger partial charge in [-0.15, -0.1) is 0 Å². The third-order valence-electron chi connectivity index (χ3n) is 2.77. The number of ether oxygens (including phenoxy) is 1. The second kappa shape index (κ2) is 4.94. The fraction of sp³-hybridized carbons (Fsp3) is 1.00. The van der Waals surface area contributed by atoms with E-state index >= 15 is 0 Å². The zero-order valence-corrected chi connectivity index (χ0v) is 8.81. The van der Waals surface area contributed by atoms with E-state index in [1.54, 1.807) is 0 Å². The quantitative estimate of drug-likeness (QED) is 0.621. The molecule has 1 aliphatic heterocycles. The molecule has 13 heavy (non-hydrogen) atoms. The van der Waals surface area contributed by atoms with Crippen molar-refractivity contribution >= 4 is 0 Å². The summed E-state index contributed by atoms with van der Waals surface area (Å²) in [5, 5.41) is 0. The van der Waals surface area contributed by atoms with E-state index < -0.39 is 5.67 Å². The average molecular weight is 188 g/mol. The van der Waals surface area contributed by atoms with Crippen LogP contribution in [0.2, 0.25) is 0 Å². The minimum Gasteiger partial charge on any atom is -0.375 e. The van der Waals surface area contributed by atoms with Gasteiger partial charge in [-0.2, -0.15) is 0 Å². The van der Waals surface area contributed by atoms with E-state index in [1.165, 1.54) is 25.7 Å². The largest absolute Gasteiger partial charge is 0.375 e. The molecule has 1 heterocycles. The summed E-state index contributed by atoms with van der Waals surface area (Å²) >= 11 is 0. The predicted octanol–water partition coefficient (Wildman–Crippen LogP) is 3.33. The van der Waals surface area contributed by atoms with Crippen LogP contribution in [0.25, 0.3) is 0 Å². The van der Waals surface area contributed by atoms with E-state index in [2.05, 4.69) is 13.8 Å². The zero-order valence-electron chi connectivity index (χ0n) is 8.81. The lowest BCUT2D eigenvalue weighted by Gasteiger charge is -2.36. The first-order valence-electron chi connectivity index (χ1n) is 5.47. The Bertz CT molecular complexity index is 137. The highest BCUT2D eigenvalue weighted by atomic mass is 19.1. The Kier molecular flexibility index (Phi) is 4.17. The second-order valence-electron chi connectivity index (χ2n) is 4.29. The molecule has 2 heteroatoms. The first-order valence-corrected chi connectivity index (χ1v) is 5.47. The van der Waals surface area contributed by atoms with Gasteiger partial charge in [0.05, 0.1) is 13.2 Å². The van der Waals surface area contributed by atoms with E-state index in [1.807, 2.05) is 0 Å². The molecular formula is C11H21FO. The number of halogens is 1. The number of hydrogen-bond acceptors (Lipinski definition) is 1. The van der Waals surface area contributed by atoms with Crippen molar-refractivity contribution in [2.75, 3.05) is 13.2 Å². The van der Waals surface area contributed by atoms with Gasteiger partial charge >= 0.3 is 0 Å². The summed E-state index contributed by atoms with van der Waals surface area (Å²) in [5.41, 5.74) is -0.977. The van der Waals surface area contributed by atoms with Crippen molar-refractivity contribution < 1.29 is 9.13 Å². The normalized spacial score (nSPS) is 20.3. The van der Waals surface area contributed by atoms with Gasteiger partial charge in [0.15, 0.2) is 5.67 Å². The first-order chi connectivity index (χ1) is 6.20. The van der Waals surface area contributed by atoms with E-state index in [4.69, 9.17) is 4.74 Å². The maximum Gasteiger partial charge on any atom is 0.157 e. The Morgan fingerprint density at radius 2 is 1.77 bits per heavy atom. The van der Waals surface area contributed by atoms with Crippen molar-refractivity contribution in [1.82, 2.24) is 0 Å². The van der Waals surface area contributed by atoms with Gasteiger partial charge in [-0.25, -0.2) is 4.39 Å². The average Bonchev–Trinajstić information content (AvgIpc) is 2.02. The Balaban J connectivity index is 2.27. The van der Waals surface area contributed by atoms with Crippen molar-refractivity contribution in [3.05, 3.63) is 0 Å². The van der Waals surface area contributed by atoms with Crippen LogP contribution in [-0.4, -0.2) is 18.9 Å². The van der Waals surface area contributed by atoms with Crippen molar-refractivity contribution in [1.29, 1.82) is 0 Å². The third kappa shape index (κ3) is 3.26. The smallest absolute Gasteiger partial charge is 0.157 e. The highest BCUT2D eigenvalue weighted by Crippen LogP contribution is 2.33. The van der Waals surface area contributed by atoms with Gasteiger partial charge in [-0.3, -0.25) is 0 Å². The summed E-state index contributed by atoms with van der Waals surface area (Å²) in [6.45, 7) is 5.00. The molecule has 1 rings (SSSR count). The van der Waals surface area contributed by atoms with Crippen LogP contribution in [0.5, 0.6) is 0 Å². The zero-order chi connectivity index (χ0) is 9.73. The monoisotopic (exact) mass is 188 g/mol. The number of rotatable bonds is 6. The SMILES string of the molecule is CCCC(CCC)CC1(F)COC1. The van der Waals surface area contributed by atoms with Gasteiger partial charge in [0, 0.05) is 0 Å². The standard InChI is InChI=1S/C11H21FO/c1-3-5-10(6-4-2)7-11(12)8-13-9-11/h10H,3-9H2,1-2H3. The summed E-state index contributed by atoms with van der Waals surface area (Å²) in [7, 11) is 0. The van der Waals surface area contributed by atoms with Crippen molar-refractivity contribution in [3.8, 4) is 0 Å². The molecule has 1 saturated heterocycles. The minimum atomic E-state index is -0.977. The first kappa shape index (κ1) is 11.0. The molecule has 0 bridgehead atoms. The second-order valence-corrected chi connectivity index (χ2v) is 4.29. The molecule has 0 amide bonds. The summed E-state index contributed by atoms with van der Waals surface area (Å²) in [4.78, 5) is 0. The molecular weight excluding hydrogens is 167 g/mol. The van der Waals surface area contributed by atoms with Gasteiger partial charge in [0.2, 0.25) is 0 Å². The van der Waals surface area contributed by atoms with Crippen LogP contribution in [0.4, 0.5) is 4.39 Å². The van der Waals surface area contributed by atoms with E-state index in [0.29, 0.717) is 25.6 Å². The van der Waals surface area contributed by atoms with Crippen LogP contribution in [0.15, 0.2) is 0 Å². The minimum absolute atomic E-state index is 0.330. The maximum absolute atomic E-state index is 13.7. The lowest BCUT2D eigenvalue weighted by molar-refractivity contribution is -0.140. The fourth-order valence-corrected chi connectivity index (χ4v) is 2.12. The highest BCUT2D eigenvalue weighted by molar-refractivity contribution is 4.87. The molecule has 0 N–H and O–H groups in total. The molecule has 0 aromatic rings. The molecule has 0 aromatic heterocycles. The molecule has 0 saturated carbocycles. The molecule has 0 radical (unpaired) electrons.